The van der Waals surface area contributed by atoms with Crippen LogP contribution in [-0.4, -0.2) is 57.8 Å². The predicted octanol–water partition coefficient (Wildman–Crippen LogP) is 3.05. The van der Waals surface area contributed by atoms with Crippen LogP contribution in [0.4, 0.5) is 5.69 Å². The summed E-state index contributed by atoms with van der Waals surface area (Å²) in [4.78, 5) is 16.1. The fourth-order valence-electron chi connectivity index (χ4n) is 3.00. The van der Waals surface area contributed by atoms with Crippen LogP contribution in [0.15, 0.2) is 16.6 Å². The normalized spacial score (nSPS) is 15.6. The van der Waals surface area contributed by atoms with E-state index in [1.54, 1.807) is 14.2 Å². The molecule has 1 aliphatic rings. The molecule has 1 heterocycles. The number of carbonyl (C=O) groups excluding carboxylic acids is 1. The summed E-state index contributed by atoms with van der Waals surface area (Å²) < 4.78 is 11.7. The van der Waals surface area contributed by atoms with Crippen LogP contribution < -0.4 is 9.64 Å². The Kier molecular flexibility index (Phi) is 6.15. The Morgan fingerprint density at radius 2 is 1.79 bits per heavy atom. The van der Waals surface area contributed by atoms with Gasteiger partial charge in [0.25, 0.3) is 0 Å². The highest BCUT2D eigenvalue weighted by Gasteiger charge is 2.27. The van der Waals surface area contributed by atoms with Gasteiger partial charge < -0.3 is 19.3 Å². The maximum Gasteiger partial charge on any atom is 0.248 e. The van der Waals surface area contributed by atoms with Gasteiger partial charge in [-0.15, -0.1) is 0 Å². The molecule has 1 saturated heterocycles. The zero-order chi connectivity index (χ0) is 17.9. The highest BCUT2D eigenvalue weighted by atomic mass is 79.9. The Morgan fingerprint density at radius 3 is 2.29 bits per heavy atom. The number of piperazine rings is 1. The smallest absolute Gasteiger partial charge is 0.248 e. The average Bonchev–Trinajstić information content (AvgIpc) is 2.53. The van der Waals surface area contributed by atoms with Crippen molar-refractivity contribution in [3.63, 3.8) is 0 Å². The van der Waals surface area contributed by atoms with Gasteiger partial charge >= 0.3 is 0 Å². The monoisotopic (exact) mass is 398 g/mol. The Labute approximate surface area is 153 Å². The largest absolute Gasteiger partial charge is 0.494 e. The number of hydrogen-bond donors (Lipinski definition) is 0. The van der Waals surface area contributed by atoms with Gasteiger partial charge in [-0.25, -0.2) is 0 Å². The lowest BCUT2D eigenvalue weighted by atomic mass is 9.86. The summed E-state index contributed by atoms with van der Waals surface area (Å²) in [6.07, 6.45) is 0. The second-order valence-corrected chi connectivity index (χ2v) is 7.97. The summed E-state index contributed by atoms with van der Waals surface area (Å²) in [5.74, 6) is 0.969. The van der Waals surface area contributed by atoms with E-state index < -0.39 is 0 Å². The van der Waals surface area contributed by atoms with E-state index in [9.17, 15) is 4.79 Å². The number of anilines is 1. The summed E-state index contributed by atoms with van der Waals surface area (Å²) >= 11 is 3.63. The van der Waals surface area contributed by atoms with E-state index in [0.29, 0.717) is 13.1 Å². The van der Waals surface area contributed by atoms with E-state index in [1.165, 1.54) is 5.56 Å². The lowest BCUT2D eigenvalue weighted by Crippen LogP contribution is -2.49. The molecule has 24 heavy (non-hydrogen) atoms. The standard InChI is InChI=1S/C18H27BrN2O3/c1-18(2,3)14-10-13(19)11-15(17(14)24-5)20-6-8-21(9-7-20)16(22)12-23-4/h10-11H,6-9,12H2,1-5H3. The number of ether oxygens (including phenoxy) is 2. The highest BCUT2D eigenvalue weighted by Crippen LogP contribution is 2.41. The van der Waals surface area contributed by atoms with E-state index in [4.69, 9.17) is 9.47 Å². The van der Waals surface area contributed by atoms with Crippen LogP contribution >= 0.6 is 15.9 Å². The van der Waals surface area contributed by atoms with Gasteiger partial charge in [0.15, 0.2) is 0 Å². The molecule has 0 aromatic heterocycles. The number of rotatable bonds is 4. The van der Waals surface area contributed by atoms with E-state index in [0.717, 1.165) is 29.0 Å². The minimum Gasteiger partial charge on any atom is -0.494 e. The molecule has 0 N–H and O–H groups in total. The van der Waals surface area contributed by atoms with Crippen molar-refractivity contribution in [2.24, 2.45) is 0 Å². The van der Waals surface area contributed by atoms with Gasteiger partial charge in [0.1, 0.15) is 12.4 Å². The van der Waals surface area contributed by atoms with Crippen LogP contribution in [0.5, 0.6) is 5.75 Å². The SMILES string of the molecule is COCC(=O)N1CCN(c2cc(Br)cc(C(C)(C)C)c2OC)CC1. The molecule has 0 aliphatic carbocycles. The first kappa shape index (κ1) is 19.1. The molecule has 134 valence electrons. The Balaban J connectivity index is 2.24. The van der Waals surface area contributed by atoms with Crippen molar-refractivity contribution >= 4 is 27.5 Å². The van der Waals surface area contributed by atoms with Crippen LogP contribution in [0, 0.1) is 0 Å². The maximum atomic E-state index is 12.0. The van der Waals surface area contributed by atoms with Crippen molar-refractivity contribution in [3.05, 3.63) is 22.2 Å². The number of nitrogens with zero attached hydrogens (tertiary/aromatic N) is 2. The molecule has 6 heteroatoms. The molecule has 0 saturated carbocycles. The molecule has 5 nitrogen and oxygen atoms in total. The van der Waals surface area contributed by atoms with E-state index >= 15 is 0 Å². The minimum absolute atomic E-state index is 0.0138. The van der Waals surface area contributed by atoms with Crippen molar-refractivity contribution in [2.75, 3.05) is 51.9 Å². The predicted molar refractivity (Wildman–Crippen MR) is 100 cm³/mol. The molecular formula is C18H27BrN2O3. The average molecular weight is 399 g/mol. The lowest BCUT2D eigenvalue weighted by Gasteiger charge is -2.37. The van der Waals surface area contributed by atoms with Crippen LogP contribution in [0.1, 0.15) is 26.3 Å². The topological polar surface area (TPSA) is 42.0 Å². The molecule has 0 atom stereocenters. The fourth-order valence-corrected chi connectivity index (χ4v) is 3.44. The van der Waals surface area contributed by atoms with Gasteiger partial charge in [-0.3, -0.25) is 4.79 Å². The van der Waals surface area contributed by atoms with Gasteiger partial charge in [-0.2, -0.15) is 0 Å². The lowest BCUT2D eigenvalue weighted by molar-refractivity contribution is -0.135. The third-order valence-corrected chi connectivity index (χ3v) is 4.74. The summed E-state index contributed by atoms with van der Waals surface area (Å²) in [6, 6.07) is 4.22. The van der Waals surface area contributed by atoms with Crippen LogP contribution in [0.2, 0.25) is 0 Å². The van der Waals surface area contributed by atoms with Gasteiger partial charge in [-0.05, 0) is 17.5 Å². The van der Waals surface area contributed by atoms with Crippen LogP contribution in [0.3, 0.4) is 0 Å². The Hall–Kier alpha value is -1.27. The third-order valence-electron chi connectivity index (χ3n) is 4.29. The number of methoxy groups -OCH3 is 2. The fraction of sp³-hybridized carbons (Fsp3) is 0.611. The summed E-state index contributed by atoms with van der Waals surface area (Å²) in [6.45, 7) is 9.66. The van der Waals surface area contributed by atoms with Gasteiger partial charge in [0.2, 0.25) is 5.91 Å². The molecule has 1 amide bonds. The van der Waals surface area contributed by atoms with Crippen molar-refractivity contribution < 1.29 is 14.3 Å². The second-order valence-electron chi connectivity index (χ2n) is 7.06. The third kappa shape index (κ3) is 4.22. The molecule has 1 aromatic carbocycles. The van der Waals surface area contributed by atoms with Crippen LogP contribution in [-0.2, 0) is 14.9 Å². The van der Waals surface area contributed by atoms with Gasteiger partial charge in [0.05, 0.1) is 12.8 Å². The van der Waals surface area contributed by atoms with Crippen LogP contribution in [0.25, 0.3) is 0 Å². The summed E-state index contributed by atoms with van der Waals surface area (Å²) in [7, 11) is 3.27. The number of benzene rings is 1. The minimum atomic E-state index is -0.0138. The molecule has 0 spiro atoms. The van der Waals surface area contributed by atoms with E-state index in [2.05, 4.69) is 53.7 Å². The Bertz CT molecular complexity index is 591. The zero-order valence-corrected chi connectivity index (χ0v) is 16.8. The summed E-state index contributed by atoms with van der Waals surface area (Å²) in [5.41, 5.74) is 2.24. The molecule has 1 aliphatic heterocycles. The van der Waals surface area contributed by atoms with E-state index in [1.807, 2.05) is 4.90 Å². The number of carbonyl (C=O) groups is 1. The quantitative estimate of drug-likeness (QED) is 0.781. The summed E-state index contributed by atoms with van der Waals surface area (Å²) in [5, 5.41) is 0. The van der Waals surface area contributed by atoms with E-state index in [-0.39, 0.29) is 17.9 Å². The van der Waals surface area contributed by atoms with Crippen molar-refractivity contribution in [3.8, 4) is 5.75 Å². The second kappa shape index (κ2) is 7.74. The molecule has 1 fully saturated rings. The zero-order valence-electron chi connectivity index (χ0n) is 15.2. The number of halogens is 1. The Morgan fingerprint density at radius 1 is 1.17 bits per heavy atom. The van der Waals surface area contributed by atoms with Crippen molar-refractivity contribution in [1.29, 1.82) is 0 Å². The van der Waals surface area contributed by atoms with Crippen molar-refractivity contribution in [1.82, 2.24) is 4.90 Å². The first-order valence-electron chi connectivity index (χ1n) is 8.17. The number of hydrogen-bond acceptors (Lipinski definition) is 4. The first-order valence-corrected chi connectivity index (χ1v) is 8.97. The number of amides is 1. The first-order chi connectivity index (χ1) is 11.3. The maximum absolute atomic E-state index is 12.0. The molecule has 2 rings (SSSR count). The molecule has 0 radical (unpaired) electrons. The van der Waals surface area contributed by atoms with Crippen molar-refractivity contribution in [2.45, 2.75) is 26.2 Å². The molecule has 0 bridgehead atoms. The highest BCUT2D eigenvalue weighted by molar-refractivity contribution is 9.10. The molecule has 1 aromatic rings. The van der Waals surface area contributed by atoms with Gasteiger partial charge in [-0.1, -0.05) is 36.7 Å². The molecular weight excluding hydrogens is 372 g/mol. The van der Waals surface area contributed by atoms with Gasteiger partial charge in [0, 0.05) is 43.3 Å². The molecule has 0 unspecified atom stereocenters.